The predicted molar refractivity (Wildman–Crippen MR) is 178 cm³/mol. The van der Waals surface area contributed by atoms with E-state index in [9.17, 15) is 9.90 Å². The summed E-state index contributed by atoms with van der Waals surface area (Å²) in [6.07, 6.45) is 5.05. The molecule has 4 heterocycles. The van der Waals surface area contributed by atoms with Gasteiger partial charge in [-0.1, -0.05) is 41.9 Å². The Balaban J connectivity index is 1.18. The van der Waals surface area contributed by atoms with Crippen LogP contribution in [0.5, 0.6) is 0 Å². The summed E-state index contributed by atoms with van der Waals surface area (Å²) in [5.74, 6) is 0.168. The summed E-state index contributed by atoms with van der Waals surface area (Å²) >= 11 is 6.25. The van der Waals surface area contributed by atoms with E-state index in [4.69, 9.17) is 21.6 Å². The lowest BCUT2D eigenvalue weighted by Crippen LogP contribution is -2.35. The second-order valence-electron chi connectivity index (χ2n) is 10.9. The summed E-state index contributed by atoms with van der Waals surface area (Å²) in [5, 5.41) is 16.5. The van der Waals surface area contributed by atoms with E-state index in [0.29, 0.717) is 27.9 Å². The number of nitrogens with one attached hydrogen (secondary N) is 2. The highest BCUT2D eigenvalue weighted by Crippen LogP contribution is 2.34. The van der Waals surface area contributed by atoms with Gasteiger partial charge in [-0.3, -0.25) is 9.20 Å². The molecular formula is C35H30ClN7O2. The van der Waals surface area contributed by atoms with Gasteiger partial charge in [0.1, 0.15) is 5.65 Å². The van der Waals surface area contributed by atoms with Crippen molar-refractivity contribution < 1.29 is 9.90 Å². The summed E-state index contributed by atoms with van der Waals surface area (Å²) < 4.78 is 2.00. The molecule has 1 aliphatic rings. The molecule has 1 saturated heterocycles. The minimum absolute atomic E-state index is 0.205. The number of piperidine rings is 1. The second-order valence-corrected chi connectivity index (χ2v) is 11.3. The van der Waals surface area contributed by atoms with Crippen molar-refractivity contribution in [1.82, 2.24) is 19.4 Å². The normalized spacial score (nSPS) is 13.6. The first-order valence-electron chi connectivity index (χ1n) is 14.8. The van der Waals surface area contributed by atoms with Gasteiger partial charge >= 0.3 is 0 Å². The van der Waals surface area contributed by atoms with E-state index < -0.39 is 0 Å². The van der Waals surface area contributed by atoms with E-state index in [-0.39, 0.29) is 12.0 Å². The maximum absolute atomic E-state index is 13.0. The third kappa shape index (κ3) is 6.08. The molecule has 0 unspecified atom stereocenters. The van der Waals surface area contributed by atoms with Crippen LogP contribution >= 0.6 is 11.6 Å². The number of carbonyl (C=O) groups excluding carboxylic acids is 1. The molecule has 10 heteroatoms. The van der Waals surface area contributed by atoms with Gasteiger partial charge in [-0.15, -0.1) is 0 Å². The number of benzene rings is 3. The second kappa shape index (κ2) is 12.4. The average Bonchev–Trinajstić information content (AvgIpc) is 3.46. The number of aliphatic hydroxyl groups excluding tert-OH is 1. The SMILES string of the molecule is O=C(Nc1cccc(-c2nc3ccccn3c2-c2ccnc(Nc3ccc(N4CCC(O)CC4)cc3)n2)c1)c1ccccc1Cl. The van der Waals surface area contributed by atoms with Gasteiger partial charge in [0.25, 0.3) is 5.91 Å². The minimum Gasteiger partial charge on any atom is -0.393 e. The highest BCUT2D eigenvalue weighted by atomic mass is 35.5. The molecular weight excluding hydrogens is 586 g/mol. The van der Waals surface area contributed by atoms with Gasteiger partial charge in [-0.2, -0.15) is 0 Å². The van der Waals surface area contributed by atoms with Crippen molar-refractivity contribution in [2.75, 3.05) is 28.6 Å². The van der Waals surface area contributed by atoms with Gasteiger partial charge < -0.3 is 20.6 Å². The number of fused-ring (bicyclic) bond motifs is 1. The molecule has 1 amide bonds. The maximum atomic E-state index is 13.0. The van der Waals surface area contributed by atoms with Gasteiger partial charge in [-0.25, -0.2) is 15.0 Å². The molecule has 224 valence electrons. The maximum Gasteiger partial charge on any atom is 0.257 e. The highest BCUT2D eigenvalue weighted by Gasteiger charge is 2.20. The smallest absolute Gasteiger partial charge is 0.257 e. The Kier molecular flexibility index (Phi) is 7.85. The molecule has 9 nitrogen and oxygen atoms in total. The number of rotatable bonds is 7. The molecule has 1 fully saturated rings. The Bertz CT molecular complexity index is 1980. The Morgan fingerprint density at radius 2 is 1.67 bits per heavy atom. The van der Waals surface area contributed by atoms with Crippen molar-refractivity contribution in [2.24, 2.45) is 0 Å². The van der Waals surface area contributed by atoms with E-state index in [0.717, 1.165) is 59.9 Å². The zero-order valence-electron chi connectivity index (χ0n) is 24.3. The first-order valence-corrected chi connectivity index (χ1v) is 15.2. The fourth-order valence-corrected chi connectivity index (χ4v) is 5.81. The first-order chi connectivity index (χ1) is 22.0. The number of aromatic nitrogens is 4. The molecule has 0 aliphatic carbocycles. The molecule has 0 radical (unpaired) electrons. The van der Waals surface area contributed by atoms with E-state index in [1.165, 1.54) is 0 Å². The summed E-state index contributed by atoms with van der Waals surface area (Å²) in [7, 11) is 0. The molecule has 0 saturated carbocycles. The Morgan fingerprint density at radius 1 is 0.867 bits per heavy atom. The van der Waals surface area contributed by atoms with Gasteiger partial charge in [0.15, 0.2) is 0 Å². The summed E-state index contributed by atoms with van der Waals surface area (Å²) in [4.78, 5) is 29.6. The zero-order valence-corrected chi connectivity index (χ0v) is 25.0. The van der Waals surface area contributed by atoms with Crippen LogP contribution in [0.2, 0.25) is 5.02 Å². The molecule has 0 spiro atoms. The average molecular weight is 616 g/mol. The molecule has 6 aromatic rings. The van der Waals surface area contributed by atoms with Crippen molar-refractivity contribution in [1.29, 1.82) is 0 Å². The third-order valence-electron chi connectivity index (χ3n) is 7.89. The zero-order chi connectivity index (χ0) is 30.8. The lowest BCUT2D eigenvalue weighted by Gasteiger charge is -2.31. The van der Waals surface area contributed by atoms with Crippen LogP contribution < -0.4 is 15.5 Å². The molecule has 7 rings (SSSR count). The van der Waals surface area contributed by atoms with E-state index in [1.807, 2.05) is 71.3 Å². The third-order valence-corrected chi connectivity index (χ3v) is 8.22. The summed E-state index contributed by atoms with van der Waals surface area (Å²) in [5.41, 5.74) is 6.81. The molecule has 3 aromatic carbocycles. The fourth-order valence-electron chi connectivity index (χ4n) is 5.59. The van der Waals surface area contributed by atoms with Crippen LogP contribution in [0.15, 0.2) is 109 Å². The van der Waals surface area contributed by atoms with Crippen molar-refractivity contribution >= 4 is 46.2 Å². The number of pyridine rings is 1. The van der Waals surface area contributed by atoms with Crippen LogP contribution in [0, 0.1) is 0 Å². The number of anilines is 4. The van der Waals surface area contributed by atoms with E-state index >= 15 is 0 Å². The number of hydrogen-bond acceptors (Lipinski definition) is 7. The first kappa shape index (κ1) is 28.5. The predicted octanol–water partition coefficient (Wildman–Crippen LogP) is 7.07. The van der Waals surface area contributed by atoms with Crippen molar-refractivity contribution in [3.05, 3.63) is 120 Å². The quantitative estimate of drug-likeness (QED) is 0.176. The topological polar surface area (TPSA) is 108 Å². The van der Waals surface area contributed by atoms with Gasteiger partial charge in [0, 0.05) is 48.1 Å². The van der Waals surface area contributed by atoms with Crippen LogP contribution in [0.25, 0.3) is 28.3 Å². The molecule has 0 bridgehead atoms. The van der Waals surface area contributed by atoms with Crippen molar-refractivity contribution in [3.8, 4) is 22.6 Å². The molecule has 3 N–H and O–H groups in total. The summed E-state index contributed by atoms with van der Waals surface area (Å²) in [6, 6.07) is 30.4. The number of nitrogens with zero attached hydrogens (tertiary/aromatic N) is 5. The lowest BCUT2D eigenvalue weighted by molar-refractivity contribution is 0.102. The molecule has 3 aromatic heterocycles. The number of hydrogen-bond donors (Lipinski definition) is 3. The number of imidazole rings is 1. The number of halogens is 1. The minimum atomic E-state index is -0.290. The van der Waals surface area contributed by atoms with Crippen molar-refractivity contribution in [2.45, 2.75) is 18.9 Å². The number of amides is 1. The molecule has 45 heavy (non-hydrogen) atoms. The van der Waals surface area contributed by atoms with E-state index in [2.05, 4.69) is 32.7 Å². The molecule has 0 atom stereocenters. The van der Waals surface area contributed by atoms with Gasteiger partial charge in [0.05, 0.1) is 33.8 Å². The lowest BCUT2D eigenvalue weighted by atomic mass is 10.1. The Labute approximate surface area is 265 Å². The van der Waals surface area contributed by atoms with Crippen LogP contribution in [-0.2, 0) is 0 Å². The largest absolute Gasteiger partial charge is 0.393 e. The summed E-state index contributed by atoms with van der Waals surface area (Å²) in [6.45, 7) is 1.69. The van der Waals surface area contributed by atoms with E-state index in [1.54, 1.807) is 30.5 Å². The number of carbonyl (C=O) groups is 1. The van der Waals surface area contributed by atoms with Gasteiger partial charge in [-0.05, 0) is 79.6 Å². The molecule has 1 aliphatic heterocycles. The monoisotopic (exact) mass is 615 g/mol. The standard InChI is InChI=1S/C35H30ClN7O2/c36-29-9-2-1-8-28(29)34(45)38-25-7-5-6-23(22-25)32-33(43-19-4-3-10-31(43)41-32)30-15-18-37-35(40-30)39-24-11-13-26(14-12-24)42-20-16-27(44)17-21-42/h1-15,18-19,22,27,44H,16-17,20-21H2,(H,38,45)(H,37,39,40). The fraction of sp³-hybridized carbons (Fsp3) is 0.143. The van der Waals surface area contributed by atoms with Crippen LogP contribution in [0.3, 0.4) is 0 Å². The Morgan fingerprint density at radius 3 is 2.49 bits per heavy atom. The Hall–Kier alpha value is -5.25. The van der Waals surface area contributed by atoms with Crippen LogP contribution in [0.4, 0.5) is 23.0 Å². The van der Waals surface area contributed by atoms with Gasteiger partial charge in [0.2, 0.25) is 5.95 Å². The van der Waals surface area contributed by atoms with Crippen molar-refractivity contribution in [3.63, 3.8) is 0 Å². The number of aliphatic hydroxyl groups is 1. The van der Waals surface area contributed by atoms with Crippen LogP contribution in [-0.4, -0.2) is 49.6 Å². The highest BCUT2D eigenvalue weighted by molar-refractivity contribution is 6.34. The van der Waals surface area contributed by atoms with Crippen LogP contribution in [0.1, 0.15) is 23.2 Å².